The van der Waals surface area contributed by atoms with Gasteiger partial charge in [0.2, 0.25) is 0 Å². The normalized spacial score (nSPS) is 16.2. The van der Waals surface area contributed by atoms with E-state index in [1.54, 1.807) is 4.52 Å². The number of anilines is 1. The summed E-state index contributed by atoms with van der Waals surface area (Å²) in [7, 11) is 1.42. The Morgan fingerprint density at radius 2 is 2.09 bits per heavy atom. The molecule has 0 aliphatic carbocycles. The van der Waals surface area contributed by atoms with E-state index in [0.29, 0.717) is 12.3 Å². The molecule has 0 aromatic carbocycles. The maximum Gasteiger partial charge on any atom is 0.319 e. The van der Waals surface area contributed by atoms with Crippen molar-refractivity contribution < 1.29 is 9.53 Å². The van der Waals surface area contributed by atoms with Gasteiger partial charge in [0.25, 0.3) is 5.78 Å². The third kappa shape index (κ3) is 2.87. The summed E-state index contributed by atoms with van der Waals surface area (Å²) in [6.45, 7) is 5.72. The number of ether oxygens (including phenoxy) is 1. The summed E-state index contributed by atoms with van der Waals surface area (Å²) < 4.78 is 6.49. The van der Waals surface area contributed by atoms with E-state index in [2.05, 4.69) is 37.9 Å². The fraction of sp³-hybridized carbons (Fsp3) is 0.571. The molecule has 0 N–H and O–H groups in total. The number of carbonyl (C=O) groups is 1. The van der Waals surface area contributed by atoms with Crippen LogP contribution in [-0.2, 0) is 16.0 Å². The lowest BCUT2D eigenvalue weighted by atomic mass is 10.2. The van der Waals surface area contributed by atoms with Gasteiger partial charge in [-0.1, -0.05) is 6.92 Å². The summed E-state index contributed by atoms with van der Waals surface area (Å²) in [4.78, 5) is 24.4. The van der Waals surface area contributed by atoms with Crippen LogP contribution in [0.3, 0.4) is 0 Å². The summed E-state index contributed by atoms with van der Waals surface area (Å²) >= 11 is 0. The number of fused-ring (bicyclic) bond motifs is 1. The fourth-order valence-corrected chi connectivity index (χ4v) is 2.63. The van der Waals surface area contributed by atoms with Gasteiger partial charge in [-0.05, 0) is 6.42 Å². The molecule has 0 radical (unpaired) electrons. The van der Waals surface area contributed by atoms with E-state index in [1.807, 2.05) is 0 Å². The minimum Gasteiger partial charge on any atom is -0.468 e. The SMILES string of the molecule is CCc1cc(N2CCN(CC(=O)OC)CC2)n2ncnc2n1. The van der Waals surface area contributed by atoms with Crippen molar-refractivity contribution in [2.45, 2.75) is 13.3 Å². The molecule has 0 bridgehead atoms. The van der Waals surface area contributed by atoms with Crippen LogP contribution < -0.4 is 4.90 Å². The van der Waals surface area contributed by atoms with E-state index >= 15 is 0 Å². The highest BCUT2D eigenvalue weighted by Crippen LogP contribution is 2.18. The average molecular weight is 304 g/mol. The van der Waals surface area contributed by atoms with Crippen molar-refractivity contribution >= 4 is 17.6 Å². The molecule has 0 saturated carbocycles. The minimum atomic E-state index is -0.190. The highest BCUT2D eigenvalue weighted by molar-refractivity contribution is 5.71. The minimum absolute atomic E-state index is 0.190. The first-order valence-electron chi connectivity index (χ1n) is 7.45. The zero-order valence-electron chi connectivity index (χ0n) is 12.9. The summed E-state index contributed by atoms with van der Waals surface area (Å²) in [6.07, 6.45) is 2.39. The Labute approximate surface area is 128 Å². The number of hydrogen-bond donors (Lipinski definition) is 0. The lowest BCUT2D eigenvalue weighted by Gasteiger charge is -2.35. The van der Waals surface area contributed by atoms with E-state index in [4.69, 9.17) is 4.74 Å². The summed E-state index contributed by atoms with van der Waals surface area (Å²) in [6, 6.07) is 2.07. The molecular formula is C14H20N6O2. The number of carbonyl (C=O) groups excluding carboxylic acids is 1. The highest BCUT2D eigenvalue weighted by Gasteiger charge is 2.22. The molecule has 1 fully saturated rings. The Morgan fingerprint density at radius 1 is 1.32 bits per heavy atom. The molecule has 0 unspecified atom stereocenters. The van der Waals surface area contributed by atoms with Crippen LogP contribution in [0.4, 0.5) is 5.82 Å². The maximum atomic E-state index is 11.3. The Kier molecular flexibility index (Phi) is 4.19. The van der Waals surface area contributed by atoms with Crippen LogP contribution in [0.1, 0.15) is 12.6 Å². The molecule has 8 heteroatoms. The van der Waals surface area contributed by atoms with Crippen molar-refractivity contribution in [2.24, 2.45) is 0 Å². The van der Waals surface area contributed by atoms with Crippen LogP contribution in [0.5, 0.6) is 0 Å². The molecule has 0 atom stereocenters. The molecule has 22 heavy (non-hydrogen) atoms. The predicted octanol–water partition coefficient (Wildman–Crippen LogP) is -0.0183. The lowest BCUT2D eigenvalue weighted by molar-refractivity contribution is -0.142. The summed E-state index contributed by atoms with van der Waals surface area (Å²) in [5.41, 5.74) is 1.01. The van der Waals surface area contributed by atoms with Crippen LogP contribution in [0.25, 0.3) is 5.78 Å². The van der Waals surface area contributed by atoms with Crippen LogP contribution >= 0.6 is 0 Å². The Bertz CT molecular complexity index is 662. The van der Waals surface area contributed by atoms with Gasteiger partial charge in [0.05, 0.1) is 13.7 Å². The van der Waals surface area contributed by atoms with Crippen LogP contribution in [-0.4, -0.2) is 70.3 Å². The van der Waals surface area contributed by atoms with Gasteiger partial charge in [0, 0.05) is 37.9 Å². The zero-order valence-corrected chi connectivity index (χ0v) is 12.9. The van der Waals surface area contributed by atoms with Gasteiger partial charge in [-0.3, -0.25) is 9.69 Å². The van der Waals surface area contributed by atoms with Gasteiger partial charge < -0.3 is 9.64 Å². The second kappa shape index (κ2) is 6.27. The first kappa shape index (κ1) is 14.7. The largest absolute Gasteiger partial charge is 0.468 e. The van der Waals surface area contributed by atoms with Crippen molar-refractivity contribution in [2.75, 3.05) is 44.7 Å². The number of methoxy groups -OCH3 is 1. The van der Waals surface area contributed by atoms with Crippen molar-refractivity contribution in [3.05, 3.63) is 18.1 Å². The summed E-state index contributed by atoms with van der Waals surface area (Å²) in [5.74, 6) is 1.45. The van der Waals surface area contributed by atoms with E-state index in [-0.39, 0.29) is 5.97 Å². The smallest absolute Gasteiger partial charge is 0.319 e. The quantitative estimate of drug-likeness (QED) is 0.735. The van der Waals surface area contributed by atoms with Crippen LogP contribution in [0, 0.1) is 0 Å². The summed E-state index contributed by atoms with van der Waals surface area (Å²) in [5, 5.41) is 4.26. The Hall–Kier alpha value is -2.22. The van der Waals surface area contributed by atoms with Crippen molar-refractivity contribution in [3.63, 3.8) is 0 Å². The van der Waals surface area contributed by atoms with Crippen LogP contribution in [0.15, 0.2) is 12.4 Å². The highest BCUT2D eigenvalue weighted by atomic mass is 16.5. The third-order valence-corrected chi connectivity index (χ3v) is 3.92. The van der Waals surface area contributed by atoms with Crippen molar-refractivity contribution in [1.82, 2.24) is 24.5 Å². The second-order valence-electron chi connectivity index (χ2n) is 5.27. The number of piperazine rings is 1. The monoisotopic (exact) mass is 304 g/mol. The Balaban J connectivity index is 1.76. The molecule has 8 nitrogen and oxygen atoms in total. The molecule has 1 saturated heterocycles. The number of esters is 1. The van der Waals surface area contributed by atoms with Crippen molar-refractivity contribution in [1.29, 1.82) is 0 Å². The maximum absolute atomic E-state index is 11.3. The third-order valence-electron chi connectivity index (χ3n) is 3.92. The number of rotatable bonds is 4. The average Bonchev–Trinajstić information content (AvgIpc) is 3.03. The molecule has 0 spiro atoms. The van der Waals surface area contributed by atoms with E-state index in [9.17, 15) is 4.79 Å². The molecule has 1 aliphatic rings. The molecule has 2 aromatic heterocycles. The van der Waals surface area contributed by atoms with E-state index in [1.165, 1.54) is 13.4 Å². The second-order valence-corrected chi connectivity index (χ2v) is 5.27. The number of aromatic nitrogens is 4. The first-order chi connectivity index (χ1) is 10.7. The molecule has 3 heterocycles. The molecular weight excluding hydrogens is 284 g/mol. The number of nitrogens with zero attached hydrogens (tertiary/aromatic N) is 6. The molecule has 2 aromatic rings. The molecule has 0 amide bonds. The molecule has 3 rings (SSSR count). The van der Waals surface area contributed by atoms with Gasteiger partial charge in [-0.25, -0.2) is 4.98 Å². The van der Waals surface area contributed by atoms with Gasteiger partial charge in [0.1, 0.15) is 12.1 Å². The number of aryl methyl sites for hydroxylation is 1. The Morgan fingerprint density at radius 3 is 2.77 bits per heavy atom. The lowest BCUT2D eigenvalue weighted by Crippen LogP contribution is -2.48. The fourth-order valence-electron chi connectivity index (χ4n) is 2.63. The van der Waals surface area contributed by atoms with Gasteiger partial charge in [-0.15, -0.1) is 0 Å². The molecule has 1 aliphatic heterocycles. The standard InChI is InChI=1S/C14H20N6O2/c1-3-11-8-12(20-14(17-11)15-10-16-20)19-6-4-18(5-7-19)9-13(21)22-2/h8,10H,3-7,9H2,1-2H3. The van der Waals surface area contributed by atoms with E-state index in [0.717, 1.165) is 44.1 Å². The zero-order chi connectivity index (χ0) is 15.5. The number of hydrogen-bond acceptors (Lipinski definition) is 7. The van der Waals surface area contributed by atoms with Gasteiger partial charge in [-0.2, -0.15) is 14.6 Å². The topological polar surface area (TPSA) is 75.9 Å². The van der Waals surface area contributed by atoms with E-state index < -0.39 is 0 Å². The first-order valence-corrected chi connectivity index (χ1v) is 7.45. The van der Waals surface area contributed by atoms with Crippen molar-refractivity contribution in [3.8, 4) is 0 Å². The van der Waals surface area contributed by atoms with Gasteiger partial charge in [0.15, 0.2) is 0 Å². The predicted molar refractivity (Wildman–Crippen MR) is 80.8 cm³/mol. The van der Waals surface area contributed by atoms with Gasteiger partial charge >= 0.3 is 5.97 Å². The molecule has 118 valence electrons. The van der Waals surface area contributed by atoms with Crippen LogP contribution in [0.2, 0.25) is 0 Å².